The lowest BCUT2D eigenvalue weighted by Gasteiger charge is -2.18. The minimum absolute atomic E-state index is 0.102. The van der Waals surface area contributed by atoms with Gasteiger partial charge in [0.05, 0.1) is 0 Å². The first kappa shape index (κ1) is 49.9. The fourth-order valence-electron chi connectivity index (χ4n) is 5.48. The van der Waals surface area contributed by atoms with Crippen LogP contribution < -0.4 is 0 Å². The monoisotopic (exact) mass is 739 g/mol. The predicted octanol–water partition coefficient (Wildman–Crippen LogP) is 13.5. The summed E-state index contributed by atoms with van der Waals surface area (Å²) in [6.45, 7) is 6.33. The van der Waals surface area contributed by atoms with Gasteiger partial charge < -0.3 is 14.2 Å². The van der Waals surface area contributed by atoms with Crippen molar-refractivity contribution < 1.29 is 28.6 Å². The van der Waals surface area contributed by atoms with E-state index >= 15 is 0 Å². The van der Waals surface area contributed by atoms with Crippen LogP contribution in [0.25, 0.3) is 0 Å². The molecule has 1 unspecified atom stereocenters. The Balaban J connectivity index is 4.44. The maximum Gasteiger partial charge on any atom is 0.306 e. The van der Waals surface area contributed by atoms with E-state index in [4.69, 9.17) is 14.2 Å². The quantitative estimate of drug-likeness (QED) is 0.0208. The molecule has 0 bridgehead atoms. The number of esters is 3. The van der Waals surface area contributed by atoms with Crippen LogP contribution in [-0.2, 0) is 28.6 Å². The lowest BCUT2D eigenvalue weighted by Crippen LogP contribution is -2.30. The highest BCUT2D eigenvalue weighted by Crippen LogP contribution is 2.12. The molecule has 6 nitrogen and oxygen atoms in total. The first-order valence-corrected chi connectivity index (χ1v) is 21.5. The maximum atomic E-state index is 12.6. The summed E-state index contributed by atoms with van der Waals surface area (Å²) >= 11 is 0. The molecule has 6 heteroatoms. The average Bonchev–Trinajstić information content (AvgIpc) is 3.15. The molecule has 0 aliphatic heterocycles. The number of hydrogen-bond acceptors (Lipinski definition) is 6. The molecule has 0 saturated carbocycles. The highest BCUT2D eigenvalue weighted by molar-refractivity contribution is 5.71. The summed E-state index contributed by atoms with van der Waals surface area (Å²) in [5, 5.41) is 0. The molecule has 0 saturated heterocycles. The number of ether oxygens (including phenoxy) is 3. The van der Waals surface area contributed by atoms with Crippen LogP contribution >= 0.6 is 0 Å². The first-order valence-electron chi connectivity index (χ1n) is 21.5. The Kier molecular flexibility index (Phi) is 39.1. The molecule has 0 radical (unpaired) electrons. The Bertz CT molecular complexity index is 1030. The van der Waals surface area contributed by atoms with Crippen LogP contribution in [0.2, 0.25) is 0 Å². The molecule has 53 heavy (non-hydrogen) atoms. The van der Waals surface area contributed by atoms with E-state index in [9.17, 15) is 14.4 Å². The van der Waals surface area contributed by atoms with Crippen molar-refractivity contribution in [2.75, 3.05) is 13.2 Å². The highest BCUT2D eigenvalue weighted by Gasteiger charge is 2.19. The third-order valence-electron chi connectivity index (χ3n) is 8.75. The predicted molar refractivity (Wildman–Crippen MR) is 224 cm³/mol. The van der Waals surface area contributed by atoms with E-state index in [0.29, 0.717) is 19.3 Å². The summed E-state index contributed by atoms with van der Waals surface area (Å²) in [5.41, 5.74) is 0. The summed E-state index contributed by atoms with van der Waals surface area (Å²) in [7, 11) is 0. The lowest BCUT2D eigenvalue weighted by atomic mass is 10.1. The Labute approximate surface area is 325 Å². The second-order valence-electron chi connectivity index (χ2n) is 14.0. The zero-order valence-electron chi connectivity index (χ0n) is 34.3. The van der Waals surface area contributed by atoms with Crippen molar-refractivity contribution in [1.29, 1.82) is 0 Å². The molecule has 0 heterocycles. The zero-order valence-corrected chi connectivity index (χ0v) is 34.3. The van der Waals surface area contributed by atoms with Crippen LogP contribution in [0.15, 0.2) is 72.9 Å². The van der Waals surface area contributed by atoms with Crippen LogP contribution in [0.5, 0.6) is 0 Å². The number of hydrogen-bond donors (Lipinski definition) is 0. The van der Waals surface area contributed by atoms with Crippen molar-refractivity contribution in [3.8, 4) is 0 Å². The molecule has 0 fully saturated rings. The summed E-state index contributed by atoms with van der Waals surface area (Å²) in [6.07, 6.45) is 50.4. The molecule has 0 aliphatic carbocycles. The van der Waals surface area contributed by atoms with Crippen LogP contribution in [0.3, 0.4) is 0 Å². The van der Waals surface area contributed by atoms with Gasteiger partial charge in [-0.1, -0.05) is 164 Å². The number of carbonyl (C=O) groups is 3. The van der Waals surface area contributed by atoms with E-state index in [1.54, 1.807) is 0 Å². The van der Waals surface area contributed by atoms with E-state index in [-0.39, 0.29) is 37.5 Å². The van der Waals surface area contributed by atoms with Crippen molar-refractivity contribution >= 4 is 17.9 Å². The molecule has 1 atom stereocenters. The second kappa shape index (κ2) is 41.6. The van der Waals surface area contributed by atoms with Crippen molar-refractivity contribution in [3.05, 3.63) is 72.9 Å². The Hall–Kier alpha value is -3.15. The van der Waals surface area contributed by atoms with Gasteiger partial charge in [-0.05, 0) is 77.0 Å². The minimum Gasteiger partial charge on any atom is -0.462 e. The van der Waals surface area contributed by atoms with Gasteiger partial charge in [0, 0.05) is 19.3 Å². The first-order chi connectivity index (χ1) is 26.0. The number of unbranched alkanes of at least 4 members (excludes halogenated alkanes) is 17. The molecule has 0 aliphatic rings. The fraction of sp³-hybridized carbons (Fsp3) is 0.681. The highest BCUT2D eigenvalue weighted by atomic mass is 16.6. The van der Waals surface area contributed by atoms with E-state index in [2.05, 4.69) is 93.7 Å². The van der Waals surface area contributed by atoms with Crippen LogP contribution in [0, 0.1) is 0 Å². The van der Waals surface area contributed by atoms with Gasteiger partial charge in [0.1, 0.15) is 13.2 Å². The molecule has 0 aromatic rings. The number of allylic oxidation sites excluding steroid dienone is 12. The molecule has 0 aromatic carbocycles. The average molecular weight is 739 g/mol. The smallest absolute Gasteiger partial charge is 0.306 e. The third-order valence-corrected chi connectivity index (χ3v) is 8.75. The molecule has 0 amide bonds. The van der Waals surface area contributed by atoms with Crippen LogP contribution in [0.1, 0.15) is 188 Å². The van der Waals surface area contributed by atoms with Gasteiger partial charge in [-0.15, -0.1) is 0 Å². The van der Waals surface area contributed by atoms with Gasteiger partial charge in [0.15, 0.2) is 6.10 Å². The number of rotatable bonds is 37. The van der Waals surface area contributed by atoms with Crippen molar-refractivity contribution in [1.82, 2.24) is 0 Å². The zero-order chi connectivity index (χ0) is 38.7. The number of carbonyl (C=O) groups excluding carboxylic acids is 3. The Morgan fingerprint density at radius 2 is 0.792 bits per heavy atom. The summed E-state index contributed by atoms with van der Waals surface area (Å²) in [5.74, 6) is -0.988. The van der Waals surface area contributed by atoms with Gasteiger partial charge in [0.25, 0.3) is 0 Å². The third kappa shape index (κ3) is 39.9. The van der Waals surface area contributed by atoms with Gasteiger partial charge >= 0.3 is 17.9 Å². The summed E-state index contributed by atoms with van der Waals surface area (Å²) in [4.78, 5) is 37.6. The van der Waals surface area contributed by atoms with Crippen molar-refractivity contribution in [2.45, 2.75) is 194 Å². The van der Waals surface area contributed by atoms with E-state index in [0.717, 1.165) is 77.0 Å². The Morgan fingerprint density at radius 1 is 0.396 bits per heavy atom. The molecule has 302 valence electrons. The minimum atomic E-state index is -0.801. The summed E-state index contributed by atoms with van der Waals surface area (Å²) in [6, 6.07) is 0. The molecule has 0 rings (SSSR count). The normalized spacial score (nSPS) is 12.7. The molecular weight excluding hydrogens is 661 g/mol. The molecule has 0 N–H and O–H groups in total. The van der Waals surface area contributed by atoms with Gasteiger partial charge in [0.2, 0.25) is 0 Å². The molecule has 0 aromatic heterocycles. The molecular formula is C47H78O6. The van der Waals surface area contributed by atoms with Crippen molar-refractivity contribution in [2.24, 2.45) is 0 Å². The Morgan fingerprint density at radius 3 is 1.36 bits per heavy atom. The van der Waals surface area contributed by atoms with E-state index in [1.807, 2.05) is 0 Å². The fourth-order valence-corrected chi connectivity index (χ4v) is 5.48. The largest absolute Gasteiger partial charge is 0.462 e. The van der Waals surface area contributed by atoms with E-state index in [1.165, 1.54) is 64.2 Å². The second-order valence-corrected chi connectivity index (χ2v) is 14.0. The van der Waals surface area contributed by atoms with Crippen LogP contribution in [-0.4, -0.2) is 37.2 Å². The van der Waals surface area contributed by atoms with Gasteiger partial charge in [-0.2, -0.15) is 0 Å². The van der Waals surface area contributed by atoms with E-state index < -0.39 is 6.10 Å². The molecule has 0 spiro atoms. The lowest BCUT2D eigenvalue weighted by molar-refractivity contribution is -0.167. The van der Waals surface area contributed by atoms with Crippen LogP contribution in [0.4, 0.5) is 0 Å². The maximum absolute atomic E-state index is 12.6. The topological polar surface area (TPSA) is 78.9 Å². The van der Waals surface area contributed by atoms with Crippen molar-refractivity contribution in [3.63, 3.8) is 0 Å². The SMILES string of the molecule is CC\C=C/C=C\C=C/CCCCCCCCCC(=O)OCC(COC(=O)CCC/C=C\CCCCCC)OC(=O)CCCCC/C=C\C=C/CCCC. The standard InChI is InChI=1S/C47H78O6/c1-4-7-10-13-16-19-21-22-23-24-26-28-31-34-37-40-46(49)52-43-44(42-51-45(48)39-36-33-30-27-18-15-12-9-6-3)53-47(50)41-38-35-32-29-25-20-17-14-11-8-5-2/h7,10,13-14,16-17,19-21,25,27,30,44H,4-6,8-9,11-12,15,18,22-24,26,28-29,31-43H2,1-3H3/b10-7-,16-13-,17-14-,21-19-,25-20-,30-27-. The van der Waals surface area contributed by atoms with Gasteiger partial charge in [-0.25, -0.2) is 0 Å². The summed E-state index contributed by atoms with van der Waals surface area (Å²) < 4.78 is 16.6. The van der Waals surface area contributed by atoms with Gasteiger partial charge in [-0.3, -0.25) is 14.4 Å².